The minimum atomic E-state index is 0.264. The first kappa shape index (κ1) is 11.9. The fraction of sp³-hybridized carbons (Fsp3) is 0.917. The highest BCUT2D eigenvalue weighted by Crippen LogP contribution is 2.21. The molecule has 0 saturated carbocycles. The van der Waals surface area contributed by atoms with Gasteiger partial charge in [0.25, 0.3) is 0 Å². The number of rotatable bonds is 3. The van der Waals surface area contributed by atoms with Crippen LogP contribution in [0.1, 0.15) is 26.7 Å². The molecule has 2 rings (SSSR count). The van der Waals surface area contributed by atoms with E-state index >= 15 is 0 Å². The van der Waals surface area contributed by atoms with E-state index in [2.05, 4.69) is 24.1 Å². The van der Waals surface area contributed by atoms with Crippen LogP contribution in [0.2, 0.25) is 0 Å². The second-order valence-corrected chi connectivity index (χ2v) is 5.21. The molecule has 2 heterocycles. The second kappa shape index (κ2) is 5.15. The maximum atomic E-state index is 11.9. The third-order valence-corrected chi connectivity index (χ3v) is 3.60. The monoisotopic (exact) mass is 225 g/mol. The fourth-order valence-corrected chi connectivity index (χ4v) is 2.62. The number of carbonyl (C=O) groups is 1. The largest absolute Gasteiger partial charge is 0.339 e. The molecule has 0 aromatic rings. The van der Waals surface area contributed by atoms with Crippen LogP contribution >= 0.6 is 0 Å². The van der Waals surface area contributed by atoms with Crippen LogP contribution in [0.4, 0.5) is 0 Å². The number of hydrogen-bond donors (Lipinski definition) is 1. The summed E-state index contributed by atoms with van der Waals surface area (Å²) in [5.74, 6) is 0.264. The molecule has 0 aliphatic carbocycles. The number of fused-ring (bicyclic) bond motifs is 1. The molecule has 2 aliphatic heterocycles. The summed E-state index contributed by atoms with van der Waals surface area (Å²) >= 11 is 0. The van der Waals surface area contributed by atoms with Crippen molar-refractivity contribution in [1.29, 1.82) is 0 Å². The number of nitrogens with zero attached hydrogens (tertiary/aromatic N) is 2. The first-order valence-corrected chi connectivity index (χ1v) is 6.42. The predicted molar refractivity (Wildman–Crippen MR) is 64.3 cm³/mol. The summed E-state index contributed by atoms with van der Waals surface area (Å²) in [6, 6.07) is 1.02. The highest BCUT2D eigenvalue weighted by Gasteiger charge is 2.32. The number of carbonyl (C=O) groups excluding carboxylic acids is 1. The lowest BCUT2D eigenvalue weighted by molar-refractivity contribution is -0.132. The standard InChI is InChI=1S/C12H23N3O/c1-10(2)13-8-12(16)15-7-6-14-5-3-4-11(14)9-15/h10-11,13H,3-9H2,1-2H3. The molecule has 0 radical (unpaired) electrons. The normalized spacial score (nSPS) is 26.2. The van der Waals surface area contributed by atoms with E-state index < -0.39 is 0 Å². The Bertz CT molecular complexity index is 255. The van der Waals surface area contributed by atoms with Gasteiger partial charge in [0.1, 0.15) is 0 Å². The molecule has 16 heavy (non-hydrogen) atoms. The molecular weight excluding hydrogens is 202 g/mol. The van der Waals surface area contributed by atoms with Gasteiger partial charge in [-0.25, -0.2) is 0 Å². The number of piperazine rings is 1. The van der Waals surface area contributed by atoms with Crippen LogP contribution in [0.15, 0.2) is 0 Å². The molecule has 1 atom stereocenters. The molecule has 2 fully saturated rings. The van der Waals surface area contributed by atoms with E-state index in [1.165, 1.54) is 19.4 Å². The lowest BCUT2D eigenvalue weighted by atomic mass is 10.1. The van der Waals surface area contributed by atoms with Crippen molar-refractivity contribution in [2.45, 2.75) is 38.8 Å². The van der Waals surface area contributed by atoms with Crippen molar-refractivity contribution in [1.82, 2.24) is 15.1 Å². The van der Waals surface area contributed by atoms with Crippen LogP contribution in [0.5, 0.6) is 0 Å². The van der Waals surface area contributed by atoms with Crippen molar-refractivity contribution in [3.8, 4) is 0 Å². The van der Waals surface area contributed by atoms with Crippen LogP contribution < -0.4 is 5.32 Å². The lowest BCUT2D eigenvalue weighted by Crippen LogP contribution is -2.54. The van der Waals surface area contributed by atoms with Crippen molar-refractivity contribution in [2.75, 3.05) is 32.7 Å². The van der Waals surface area contributed by atoms with Crippen molar-refractivity contribution in [3.05, 3.63) is 0 Å². The Labute approximate surface area is 98.0 Å². The summed E-state index contributed by atoms with van der Waals surface area (Å²) in [5.41, 5.74) is 0. The van der Waals surface area contributed by atoms with Gasteiger partial charge in [0.05, 0.1) is 6.54 Å². The Morgan fingerprint density at radius 3 is 2.94 bits per heavy atom. The zero-order valence-electron chi connectivity index (χ0n) is 10.4. The summed E-state index contributed by atoms with van der Waals surface area (Å²) in [6.07, 6.45) is 2.57. The van der Waals surface area contributed by atoms with Crippen LogP contribution in [0.3, 0.4) is 0 Å². The van der Waals surface area contributed by atoms with Gasteiger partial charge in [-0.1, -0.05) is 13.8 Å². The Hall–Kier alpha value is -0.610. The van der Waals surface area contributed by atoms with E-state index in [0.717, 1.165) is 19.6 Å². The average molecular weight is 225 g/mol. The molecule has 2 aliphatic rings. The minimum Gasteiger partial charge on any atom is -0.339 e. The molecule has 2 saturated heterocycles. The third kappa shape index (κ3) is 2.74. The van der Waals surface area contributed by atoms with Gasteiger partial charge in [0.15, 0.2) is 0 Å². The third-order valence-electron chi connectivity index (χ3n) is 3.60. The molecule has 4 nitrogen and oxygen atoms in total. The van der Waals surface area contributed by atoms with E-state index in [0.29, 0.717) is 18.6 Å². The van der Waals surface area contributed by atoms with Crippen molar-refractivity contribution in [2.24, 2.45) is 0 Å². The van der Waals surface area contributed by atoms with Crippen molar-refractivity contribution < 1.29 is 4.79 Å². The molecule has 0 bridgehead atoms. The summed E-state index contributed by atoms with van der Waals surface area (Å²) in [6.45, 7) is 8.79. The quantitative estimate of drug-likeness (QED) is 0.750. The topological polar surface area (TPSA) is 35.6 Å². The average Bonchev–Trinajstić information content (AvgIpc) is 2.72. The summed E-state index contributed by atoms with van der Waals surface area (Å²) < 4.78 is 0. The Morgan fingerprint density at radius 1 is 1.38 bits per heavy atom. The van der Waals surface area contributed by atoms with E-state index in [9.17, 15) is 4.79 Å². The minimum absolute atomic E-state index is 0.264. The first-order valence-electron chi connectivity index (χ1n) is 6.42. The molecule has 1 amide bonds. The summed E-state index contributed by atoms with van der Waals surface area (Å²) in [5, 5.41) is 3.20. The van der Waals surface area contributed by atoms with Gasteiger partial charge in [0, 0.05) is 31.7 Å². The molecule has 4 heteroatoms. The zero-order chi connectivity index (χ0) is 11.5. The fourth-order valence-electron chi connectivity index (χ4n) is 2.62. The van der Waals surface area contributed by atoms with Crippen LogP contribution in [0, 0.1) is 0 Å². The predicted octanol–water partition coefficient (Wildman–Crippen LogP) is 0.291. The molecule has 1 unspecified atom stereocenters. The first-order chi connectivity index (χ1) is 7.66. The number of amides is 1. The molecule has 0 aromatic heterocycles. The maximum absolute atomic E-state index is 11.9. The van der Waals surface area contributed by atoms with Gasteiger partial charge in [-0.3, -0.25) is 9.69 Å². The highest BCUT2D eigenvalue weighted by atomic mass is 16.2. The molecule has 0 aromatic carbocycles. The Morgan fingerprint density at radius 2 is 2.19 bits per heavy atom. The van der Waals surface area contributed by atoms with Crippen LogP contribution in [0.25, 0.3) is 0 Å². The lowest BCUT2D eigenvalue weighted by Gasteiger charge is -2.37. The van der Waals surface area contributed by atoms with Crippen LogP contribution in [-0.4, -0.2) is 60.5 Å². The van der Waals surface area contributed by atoms with E-state index in [1.54, 1.807) is 0 Å². The van der Waals surface area contributed by atoms with Gasteiger partial charge in [0.2, 0.25) is 5.91 Å². The second-order valence-electron chi connectivity index (χ2n) is 5.21. The number of hydrogen-bond acceptors (Lipinski definition) is 3. The Balaban J connectivity index is 1.79. The van der Waals surface area contributed by atoms with E-state index in [1.807, 2.05) is 4.90 Å². The molecule has 0 spiro atoms. The smallest absolute Gasteiger partial charge is 0.236 e. The molecule has 92 valence electrons. The molecule has 1 N–H and O–H groups in total. The SMILES string of the molecule is CC(C)NCC(=O)N1CCN2CCCC2C1. The van der Waals surface area contributed by atoms with Crippen molar-refractivity contribution in [3.63, 3.8) is 0 Å². The summed E-state index contributed by atoms with van der Waals surface area (Å²) in [4.78, 5) is 16.5. The van der Waals surface area contributed by atoms with Gasteiger partial charge in [-0.15, -0.1) is 0 Å². The van der Waals surface area contributed by atoms with Crippen molar-refractivity contribution >= 4 is 5.91 Å². The Kier molecular flexibility index (Phi) is 3.82. The van der Waals surface area contributed by atoms with Crippen LogP contribution in [-0.2, 0) is 4.79 Å². The number of nitrogens with one attached hydrogen (secondary N) is 1. The zero-order valence-corrected chi connectivity index (χ0v) is 10.4. The summed E-state index contributed by atoms with van der Waals surface area (Å²) in [7, 11) is 0. The van der Waals surface area contributed by atoms with Gasteiger partial charge >= 0.3 is 0 Å². The molecular formula is C12H23N3O. The highest BCUT2D eigenvalue weighted by molar-refractivity contribution is 5.78. The maximum Gasteiger partial charge on any atom is 0.236 e. The van der Waals surface area contributed by atoms with Gasteiger partial charge < -0.3 is 10.2 Å². The van der Waals surface area contributed by atoms with E-state index in [4.69, 9.17) is 0 Å². The van der Waals surface area contributed by atoms with E-state index in [-0.39, 0.29) is 5.91 Å². The van der Waals surface area contributed by atoms with Gasteiger partial charge in [-0.05, 0) is 19.4 Å². The van der Waals surface area contributed by atoms with Gasteiger partial charge in [-0.2, -0.15) is 0 Å².